The van der Waals surface area contributed by atoms with Crippen LogP contribution in [0.1, 0.15) is 10.4 Å². The van der Waals surface area contributed by atoms with Crippen LogP contribution in [0, 0.1) is 0 Å². The van der Waals surface area contributed by atoms with Gasteiger partial charge in [0, 0.05) is 5.69 Å². The largest absolute Gasteiger partial charge is 0.496 e. The Morgan fingerprint density at radius 1 is 1.18 bits per heavy atom. The van der Waals surface area contributed by atoms with E-state index in [4.69, 9.17) is 4.74 Å². The van der Waals surface area contributed by atoms with Crippen LogP contribution in [0.3, 0.4) is 0 Å². The Labute approximate surface area is 126 Å². The molecule has 3 aromatic rings. The lowest BCUT2D eigenvalue weighted by molar-refractivity contribution is 0.102. The standard InChI is InChI=1S/C15H13N5O2/c1-22-14-8-3-2-7-13(14)15(21)17-11-5-4-6-12(9-11)20-10-16-18-19-20/h2-10H,1H3,(H,17,21). The van der Waals surface area contributed by atoms with Gasteiger partial charge in [-0.25, -0.2) is 4.68 Å². The van der Waals surface area contributed by atoms with E-state index in [2.05, 4.69) is 20.8 Å². The van der Waals surface area contributed by atoms with Crippen molar-refractivity contribution in [3.05, 3.63) is 60.4 Å². The van der Waals surface area contributed by atoms with E-state index in [1.807, 2.05) is 18.2 Å². The number of methoxy groups -OCH3 is 1. The second-order valence-electron chi connectivity index (χ2n) is 4.46. The van der Waals surface area contributed by atoms with Gasteiger partial charge in [0.05, 0.1) is 18.4 Å². The van der Waals surface area contributed by atoms with Gasteiger partial charge in [-0.2, -0.15) is 0 Å². The molecule has 0 aliphatic rings. The Hall–Kier alpha value is -3.22. The molecule has 110 valence electrons. The van der Waals surface area contributed by atoms with Gasteiger partial charge < -0.3 is 10.1 Å². The highest BCUT2D eigenvalue weighted by molar-refractivity contribution is 6.06. The molecule has 7 nitrogen and oxygen atoms in total. The van der Waals surface area contributed by atoms with Gasteiger partial charge in [0.1, 0.15) is 12.1 Å². The number of nitrogens with zero attached hydrogens (tertiary/aromatic N) is 4. The fourth-order valence-corrected chi connectivity index (χ4v) is 2.04. The van der Waals surface area contributed by atoms with Gasteiger partial charge >= 0.3 is 0 Å². The normalized spacial score (nSPS) is 10.2. The first-order chi connectivity index (χ1) is 10.8. The quantitative estimate of drug-likeness (QED) is 0.795. The lowest BCUT2D eigenvalue weighted by Gasteiger charge is -2.10. The van der Waals surface area contributed by atoms with Crippen molar-refractivity contribution >= 4 is 11.6 Å². The molecule has 0 spiro atoms. The number of para-hydroxylation sites is 1. The average Bonchev–Trinajstić information content (AvgIpc) is 3.09. The molecule has 0 bridgehead atoms. The number of ether oxygens (including phenoxy) is 1. The molecular weight excluding hydrogens is 282 g/mol. The Balaban J connectivity index is 1.84. The Bertz CT molecular complexity index is 786. The van der Waals surface area contributed by atoms with E-state index in [9.17, 15) is 4.79 Å². The molecule has 22 heavy (non-hydrogen) atoms. The molecule has 0 saturated heterocycles. The van der Waals surface area contributed by atoms with Crippen LogP contribution in [0.25, 0.3) is 5.69 Å². The number of nitrogens with one attached hydrogen (secondary N) is 1. The molecule has 3 rings (SSSR count). The molecule has 2 aromatic carbocycles. The molecule has 0 radical (unpaired) electrons. The fraction of sp³-hybridized carbons (Fsp3) is 0.0667. The van der Waals surface area contributed by atoms with E-state index >= 15 is 0 Å². The van der Waals surface area contributed by atoms with Crippen LogP contribution < -0.4 is 10.1 Å². The Morgan fingerprint density at radius 2 is 2.05 bits per heavy atom. The van der Waals surface area contributed by atoms with Gasteiger partial charge in [0.2, 0.25) is 0 Å². The van der Waals surface area contributed by atoms with Crippen molar-refractivity contribution in [1.82, 2.24) is 20.2 Å². The van der Waals surface area contributed by atoms with Crippen LogP contribution in [0.15, 0.2) is 54.9 Å². The van der Waals surface area contributed by atoms with E-state index in [-0.39, 0.29) is 5.91 Å². The molecule has 0 unspecified atom stereocenters. The fourth-order valence-electron chi connectivity index (χ4n) is 2.04. The van der Waals surface area contributed by atoms with Crippen molar-refractivity contribution in [2.75, 3.05) is 12.4 Å². The molecule has 7 heteroatoms. The van der Waals surface area contributed by atoms with E-state index in [1.54, 1.807) is 30.3 Å². The van der Waals surface area contributed by atoms with Crippen LogP contribution in [-0.2, 0) is 0 Å². The summed E-state index contributed by atoms with van der Waals surface area (Å²) in [5, 5.41) is 13.8. The van der Waals surface area contributed by atoms with Crippen LogP contribution >= 0.6 is 0 Å². The summed E-state index contributed by atoms with van der Waals surface area (Å²) < 4.78 is 6.71. The van der Waals surface area contributed by atoms with E-state index in [0.717, 1.165) is 5.69 Å². The average molecular weight is 295 g/mol. The number of anilines is 1. The van der Waals surface area contributed by atoms with Crippen LogP contribution in [0.5, 0.6) is 5.75 Å². The SMILES string of the molecule is COc1ccccc1C(=O)Nc1cccc(-n2cnnn2)c1. The summed E-state index contributed by atoms with van der Waals surface area (Å²) in [7, 11) is 1.53. The Morgan fingerprint density at radius 3 is 2.82 bits per heavy atom. The first kappa shape index (κ1) is 13.7. The summed E-state index contributed by atoms with van der Waals surface area (Å²) in [5.74, 6) is 0.281. The zero-order valence-electron chi connectivity index (χ0n) is 11.8. The number of aromatic nitrogens is 4. The second-order valence-corrected chi connectivity index (χ2v) is 4.46. The third-order valence-corrected chi connectivity index (χ3v) is 3.07. The third-order valence-electron chi connectivity index (χ3n) is 3.07. The van der Waals surface area contributed by atoms with Gasteiger partial charge in [0.15, 0.2) is 0 Å². The minimum Gasteiger partial charge on any atom is -0.496 e. The maximum atomic E-state index is 12.4. The van der Waals surface area contributed by atoms with Gasteiger partial charge in [-0.05, 0) is 40.8 Å². The zero-order chi connectivity index (χ0) is 15.4. The maximum Gasteiger partial charge on any atom is 0.259 e. The smallest absolute Gasteiger partial charge is 0.259 e. The van der Waals surface area contributed by atoms with Gasteiger partial charge in [-0.1, -0.05) is 18.2 Å². The number of hydrogen-bond acceptors (Lipinski definition) is 5. The summed E-state index contributed by atoms with van der Waals surface area (Å²) in [6.07, 6.45) is 1.49. The lowest BCUT2D eigenvalue weighted by Crippen LogP contribution is -2.13. The van der Waals surface area contributed by atoms with Crippen molar-refractivity contribution in [3.63, 3.8) is 0 Å². The first-order valence-electron chi connectivity index (χ1n) is 6.56. The molecule has 0 fully saturated rings. The van der Waals surface area contributed by atoms with Crippen LogP contribution in [0.2, 0.25) is 0 Å². The molecule has 1 aromatic heterocycles. The summed E-state index contributed by atoms with van der Waals surface area (Å²) >= 11 is 0. The third kappa shape index (κ3) is 2.78. The van der Waals surface area contributed by atoms with Crippen molar-refractivity contribution < 1.29 is 9.53 Å². The van der Waals surface area contributed by atoms with Crippen LogP contribution in [-0.4, -0.2) is 33.2 Å². The molecule has 0 aliphatic heterocycles. The number of carbonyl (C=O) groups is 1. The summed E-state index contributed by atoms with van der Waals surface area (Å²) in [4.78, 5) is 12.4. The predicted octanol–water partition coefficient (Wildman–Crippen LogP) is 1.92. The number of benzene rings is 2. The highest BCUT2D eigenvalue weighted by Gasteiger charge is 2.12. The highest BCUT2D eigenvalue weighted by Crippen LogP contribution is 2.20. The number of tetrazole rings is 1. The summed E-state index contributed by atoms with van der Waals surface area (Å²) in [5.41, 5.74) is 1.87. The molecule has 0 aliphatic carbocycles. The minimum atomic E-state index is -0.244. The monoisotopic (exact) mass is 295 g/mol. The lowest BCUT2D eigenvalue weighted by atomic mass is 10.2. The Kier molecular flexibility index (Phi) is 3.78. The van der Waals surface area contributed by atoms with E-state index in [1.165, 1.54) is 18.1 Å². The number of hydrogen-bond donors (Lipinski definition) is 1. The van der Waals surface area contributed by atoms with E-state index in [0.29, 0.717) is 17.0 Å². The molecule has 0 saturated carbocycles. The zero-order valence-corrected chi connectivity index (χ0v) is 11.8. The minimum absolute atomic E-state index is 0.244. The molecule has 1 heterocycles. The van der Waals surface area contributed by atoms with Crippen molar-refractivity contribution in [2.24, 2.45) is 0 Å². The molecule has 1 amide bonds. The number of carbonyl (C=O) groups excluding carboxylic acids is 1. The number of amides is 1. The predicted molar refractivity (Wildman–Crippen MR) is 80.1 cm³/mol. The van der Waals surface area contributed by atoms with E-state index < -0.39 is 0 Å². The molecular formula is C15H13N5O2. The molecule has 1 N–H and O–H groups in total. The number of rotatable bonds is 4. The van der Waals surface area contributed by atoms with Crippen molar-refractivity contribution in [3.8, 4) is 11.4 Å². The maximum absolute atomic E-state index is 12.4. The summed E-state index contributed by atoms with van der Waals surface area (Å²) in [6, 6.07) is 14.3. The first-order valence-corrected chi connectivity index (χ1v) is 6.56. The topological polar surface area (TPSA) is 81.9 Å². The molecule has 0 atom stereocenters. The summed E-state index contributed by atoms with van der Waals surface area (Å²) in [6.45, 7) is 0. The van der Waals surface area contributed by atoms with Gasteiger partial charge in [0.25, 0.3) is 5.91 Å². The van der Waals surface area contributed by atoms with Gasteiger partial charge in [-0.3, -0.25) is 4.79 Å². The van der Waals surface area contributed by atoms with Crippen LogP contribution in [0.4, 0.5) is 5.69 Å². The second kappa shape index (κ2) is 6.04. The van der Waals surface area contributed by atoms with Crippen molar-refractivity contribution in [2.45, 2.75) is 0 Å². The van der Waals surface area contributed by atoms with Crippen molar-refractivity contribution in [1.29, 1.82) is 0 Å². The highest BCUT2D eigenvalue weighted by atomic mass is 16.5. The van der Waals surface area contributed by atoms with Gasteiger partial charge in [-0.15, -0.1) is 5.10 Å².